The van der Waals surface area contributed by atoms with Gasteiger partial charge in [0.05, 0.1) is 0 Å². The van der Waals surface area contributed by atoms with E-state index in [4.69, 9.17) is 0 Å². The number of hydrogen-bond donors (Lipinski definition) is 0. The minimum atomic E-state index is 0. The summed E-state index contributed by atoms with van der Waals surface area (Å²) in [5.74, 6) is 0. The van der Waals surface area contributed by atoms with Crippen LogP contribution in [0.2, 0.25) is 0 Å². The summed E-state index contributed by atoms with van der Waals surface area (Å²) in [7, 11) is 0. The summed E-state index contributed by atoms with van der Waals surface area (Å²) in [5.41, 5.74) is 0. The van der Waals surface area contributed by atoms with E-state index in [9.17, 15) is 0 Å². The first-order valence-corrected chi connectivity index (χ1v) is 0. The van der Waals surface area contributed by atoms with Crippen LogP contribution in [-0.2, 0) is 21.7 Å². The van der Waals surface area contributed by atoms with Gasteiger partial charge >= 0.3 is 21.7 Å². The second-order valence-electron chi connectivity index (χ2n) is 0. The predicted octanol–water partition coefficient (Wildman–Crippen LogP) is -7.18. The van der Waals surface area contributed by atoms with E-state index in [-0.39, 0.29) is 57.5 Å². The van der Waals surface area contributed by atoms with Gasteiger partial charge in [-0.2, -0.15) is 0 Å². The molecule has 0 saturated carbocycles. The van der Waals surface area contributed by atoms with Gasteiger partial charge < -0.3 is 24.8 Å². The molecule has 0 aliphatic rings. The van der Waals surface area contributed by atoms with Gasteiger partial charge in [0.25, 0.3) is 0 Å². The molecule has 0 nitrogen and oxygen atoms in total. The Morgan fingerprint density at radius 3 is 0.750 bits per heavy atom. The second-order valence-corrected chi connectivity index (χ2v) is 0. The number of hydrogen-bond acceptors (Lipinski definition) is 0. The molecule has 0 spiro atoms. The van der Waals surface area contributed by atoms with Crippen LogP contribution in [0, 0.1) is 0 Å². The average Bonchev–Trinajstić information content (AvgIpc) is 0. The van der Waals surface area contributed by atoms with Crippen LogP contribution in [0.25, 0.3) is 0 Å². The SMILES string of the molecule is [Cl-].[Cl-].[SiH3].[Ti+3]. The first-order valence-electron chi connectivity index (χ1n) is 0. The molecule has 0 aromatic carbocycles. The van der Waals surface area contributed by atoms with Gasteiger partial charge in [-0.1, -0.05) is 0 Å². The molecular weight excluding hydrogens is 147 g/mol. The standard InChI is InChI=1S/2ClH.H3Si.Ti/h2*1H;1H3;/q;;;+3/p-2. The molecule has 0 bridgehead atoms. The van der Waals surface area contributed by atoms with Crippen LogP contribution in [0.5, 0.6) is 0 Å². The Hall–Kier alpha value is 1.51. The van der Waals surface area contributed by atoms with E-state index < -0.39 is 0 Å². The molecule has 4 heavy (non-hydrogen) atoms. The maximum absolute atomic E-state index is 0. The fourth-order valence-corrected chi connectivity index (χ4v) is 0. The molecule has 0 aliphatic carbocycles. The Bertz CT molecular complexity index is 6.00. The molecule has 0 aliphatic heterocycles. The summed E-state index contributed by atoms with van der Waals surface area (Å²) >= 11 is 0. The molecule has 0 atom stereocenters. The van der Waals surface area contributed by atoms with Crippen LogP contribution < -0.4 is 24.8 Å². The quantitative estimate of drug-likeness (QED) is 0.301. The predicted molar refractivity (Wildman–Crippen MR) is 9.94 cm³/mol. The Balaban J connectivity index is 0. The Kier molecular flexibility index (Phi) is 299. The third kappa shape index (κ3) is 9.70. The molecule has 2 radical (unpaired) electrons. The van der Waals surface area contributed by atoms with Gasteiger partial charge in [0.15, 0.2) is 0 Å². The Morgan fingerprint density at radius 1 is 0.750 bits per heavy atom. The van der Waals surface area contributed by atoms with Crippen LogP contribution in [-0.4, -0.2) is 11.0 Å². The Morgan fingerprint density at radius 2 is 0.750 bits per heavy atom. The molecule has 0 amide bonds. The van der Waals surface area contributed by atoms with Crippen molar-refractivity contribution in [2.75, 3.05) is 0 Å². The van der Waals surface area contributed by atoms with E-state index in [2.05, 4.69) is 0 Å². The molecule has 0 rings (SSSR count). The first-order chi connectivity index (χ1) is 0. The second kappa shape index (κ2) is 24.4. The molecule has 0 saturated heterocycles. The van der Waals surface area contributed by atoms with Crippen molar-refractivity contribution in [3.63, 3.8) is 0 Å². The zero-order chi connectivity index (χ0) is 0. The molecule has 0 unspecified atom stereocenters. The number of rotatable bonds is 0. The summed E-state index contributed by atoms with van der Waals surface area (Å²) in [6.45, 7) is 0. The van der Waals surface area contributed by atoms with Crippen molar-refractivity contribution < 1.29 is 46.5 Å². The van der Waals surface area contributed by atoms with Crippen molar-refractivity contribution in [3.05, 3.63) is 0 Å². The topological polar surface area (TPSA) is 0 Å². The van der Waals surface area contributed by atoms with E-state index in [0.717, 1.165) is 0 Å². The van der Waals surface area contributed by atoms with Gasteiger partial charge in [-0.25, -0.2) is 0 Å². The average molecular weight is 150 g/mol. The van der Waals surface area contributed by atoms with Crippen LogP contribution in [0.15, 0.2) is 0 Å². The van der Waals surface area contributed by atoms with Crippen molar-refractivity contribution >= 4 is 11.0 Å². The number of halogens is 2. The van der Waals surface area contributed by atoms with Gasteiger partial charge in [0.1, 0.15) is 0 Å². The van der Waals surface area contributed by atoms with Crippen molar-refractivity contribution in [2.24, 2.45) is 0 Å². The monoisotopic (exact) mass is 149 g/mol. The molecular formula is H3Cl2SiTi+. The van der Waals surface area contributed by atoms with Crippen LogP contribution in [0.3, 0.4) is 0 Å². The molecule has 0 fully saturated rings. The summed E-state index contributed by atoms with van der Waals surface area (Å²) in [4.78, 5) is 0. The van der Waals surface area contributed by atoms with Gasteiger partial charge in [0, 0.05) is 0 Å². The largest absolute Gasteiger partial charge is 3.00 e. The Labute approximate surface area is 57.5 Å². The third-order valence-electron chi connectivity index (χ3n) is 0. The van der Waals surface area contributed by atoms with Crippen molar-refractivity contribution in [1.29, 1.82) is 0 Å². The maximum Gasteiger partial charge on any atom is 3.00 e. The fourth-order valence-electron chi connectivity index (χ4n) is 0. The summed E-state index contributed by atoms with van der Waals surface area (Å²) in [6, 6.07) is 0. The minimum absolute atomic E-state index is 0. The first kappa shape index (κ1) is 49.1. The van der Waals surface area contributed by atoms with E-state index in [1.807, 2.05) is 0 Å². The molecule has 0 aromatic heterocycles. The van der Waals surface area contributed by atoms with Crippen molar-refractivity contribution in [3.8, 4) is 0 Å². The third-order valence-corrected chi connectivity index (χ3v) is 0. The smallest absolute Gasteiger partial charge is 1.00 e. The van der Waals surface area contributed by atoms with Gasteiger partial charge in [-0.15, -0.1) is 0 Å². The van der Waals surface area contributed by atoms with E-state index in [1.54, 1.807) is 0 Å². The van der Waals surface area contributed by atoms with E-state index in [0.29, 0.717) is 0 Å². The van der Waals surface area contributed by atoms with Gasteiger partial charge in [-0.3, -0.25) is 0 Å². The molecule has 0 aromatic rings. The summed E-state index contributed by atoms with van der Waals surface area (Å²) in [5, 5.41) is 0. The maximum atomic E-state index is 0. The summed E-state index contributed by atoms with van der Waals surface area (Å²) < 4.78 is 0. The van der Waals surface area contributed by atoms with Gasteiger partial charge in [-0.05, 0) is 11.0 Å². The van der Waals surface area contributed by atoms with Crippen LogP contribution >= 0.6 is 0 Å². The molecule has 24 valence electrons. The molecule has 0 N–H and O–H groups in total. The zero-order valence-electron chi connectivity index (χ0n) is 2.26. The summed E-state index contributed by atoms with van der Waals surface area (Å²) in [6.07, 6.45) is 0. The van der Waals surface area contributed by atoms with E-state index in [1.165, 1.54) is 0 Å². The van der Waals surface area contributed by atoms with Crippen molar-refractivity contribution in [1.82, 2.24) is 0 Å². The van der Waals surface area contributed by atoms with Gasteiger partial charge in [0.2, 0.25) is 0 Å². The minimum Gasteiger partial charge on any atom is -1.00 e. The fraction of sp³-hybridized carbons (Fsp3) is 0. The van der Waals surface area contributed by atoms with Crippen molar-refractivity contribution in [2.45, 2.75) is 0 Å². The zero-order valence-corrected chi connectivity index (χ0v) is 7.33. The van der Waals surface area contributed by atoms with E-state index >= 15 is 0 Å². The molecule has 0 heterocycles. The molecule has 4 heteroatoms. The van der Waals surface area contributed by atoms with Crippen LogP contribution in [0.1, 0.15) is 0 Å². The normalized spacial score (nSPS) is 0. The van der Waals surface area contributed by atoms with Crippen LogP contribution in [0.4, 0.5) is 0 Å².